The fourth-order valence-electron chi connectivity index (χ4n) is 1.89. The smallest absolute Gasteiger partial charge is 0.255 e. The first-order valence-corrected chi connectivity index (χ1v) is 7.56. The molecule has 0 unspecified atom stereocenters. The number of hydrogen-bond donors (Lipinski definition) is 1. The van der Waals surface area contributed by atoms with Gasteiger partial charge in [0.15, 0.2) is 0 Å². The zero-order valence-corrected chi connectivity index (χ0v) is 14.6. The SMILES string of the molecule is Cc1nc(N(C)C)nc(C)c1NC(=O)c1cccc(I)c1. The standard InChI is InChI=1S/C15H17IN4O/c1-9-13(10(2)18-15(17-9)20(3)4)19-14(21)11-6-5-7-12(16)8-11/h5-8H,1-4H3,(H,19,21). The monoisotopic (exact) mass is 396 g/mol. The van der Waals surface area contributed by atoms with Crippen molar-refractivity contribution < 1.29 is 4.79 Å². The minimum atomic E-state index is -0.152. The summed E-state index contributed by atoms with van der Waals surface area (Å²) in [7, 11) is 3.77. The Hall–Kier alpha value is -1.70. The van der Waals surface area contributed by atoms with Gasteiger partial charge in [0.05, 0.1) is 17.1 Å². The number of carbonyl (C=O) groups is 1. The highest BCUT2D eigenvalue weighted by atomic mass is 127. The van der Waals surface area contributed by atoms with E-state index in [0.717, 1.165) is 15.0 Å². The molecule has 1 heterocycles. The molecule has 110 valence electrons. The van der Waals surface area contributed by atoms with Gasteiger partial charge in [-0.15, -0.1) is 0 Å². The van der Waals surface area contributed by atoms with Gasteiger partial charge in [-0.05, 0) is 54.6 Å². The maximum absolute atomic E-state index is 12.3. The van der Waals surface area contributed by atoms with E-state index in [-0.39, 0.29) is 5.91 Å². The van der Waals surface area contributed by atoms with Crippen molar-refractivity contribution in [3.05, 3.63) is 44.8 Å². The average molecular weight is 396 g/mol. The second-order valence-corrected chi connectivity index (χ2v) is 6.17. The van der Waals surface area contributed by atoms with Crippen molar-refractivity contribution in [2.75, 3.05) is 24.3 Å². The van der Waals surface area contributed by atoms with Crippen LogP contribution in [0.1, 0.15) is 21.7 Å². The second kappa shape index (κ2) is 6.38. The molecule has 1 aromatic heterocycles. The predicted molar refractivity (Wildman–Crippen MR) is 92.9 cm³/mol. The summed E-state index contributed by atoms with van der Waals surface area (Å²) in [5.41, 5.74) is 2.80. The van der Waals surface area contributed by atoms with Crippen LogP contribution in [-0.4, -0.2) is 30.0 Å². The zero-order chi connectivity index (χ0) is 15.6. The Kier molecular flexibility index (Phi) is 4.76. The Morgan fingerprint density at radius 1 is 1.19 bits per heavy atom. The van der Waals surface area contributed by atoms with Gasteiger partial charge >= 0.3 is 0 Å². The Balaban J connectivity index is 2.29. The van der Waals surface area contributed by atoms with Crippen molar-refractivity contribution >= 4 is 40.1 Å². The summed E-state index contributed by atoms with van der Waals surface area (Å²) in [6, 6.07) is 7.44. The highest BCUT2D eigenvalue weighted by Gasteiger charge is 2.13. The van der Waals surface area contributed by atoms with Gasteiger partial charge in [0.25, 0.3) is 5.91 Å². The number of nitrogens with zero attached hydrogens (tertiary/aromatic N) is 3. The number of halogens is 1. The van der Waals surface area contributed by atoms with Crippen molar-refractivity contribution in [2.24, 2.45) is 0 Å². The number of benzene rings is 1. The maximum Gasteiger partial charge on any atom is 0.255 e. The van der Waals surface area contributed by atoms with Gasteiger partial charge in [-0.1, -0.05) is 6.07 Å². The van der Waals surface area contributed by atoms with E-state index in [0.29, 0.717) is 17.2 Å². The molecule has 0 fully saturated rings. The molecule has 0 aliphatic rings. The molecule has 0 atom stereocenters. The maximum atomic E-state index is 12.3. The number of rotatable bonds is 3. The summed E-state index contributed by atoms with van der Waals surface area (Å²) in [6.07, 6.45) is 0. The van der Waals surface area contributed by atoms with E-state index in [1.54, 1.807) is 6.07 Å². The van der Waals surface area contributed by atoms with Crippen LogP contribution in [0.2, 0.25) is 0 Å². The summed E-state index contributed by atoms with van der Waals surface area (Å²) in [6.45, 7) is 3.73. The number of aromatic nitrogens is 2. The fourth-order valence-corrected chi connectivity index (χ4v) is 2.44. The number of nitrogens with one attached hydrogen (secondary N) is 1. The number of aryl methyl sites for hydroxylation is 2. The normalized spacial score (nSPS) is 10.3. The number of amides is 1. The lowest BCUT2D eigenvalue weighted by Gasteiger charge is -2.15. The van der Waals surface area contributed by atoms with E-state index in [1.807, 2.05) is 51.0 Å². The molecule has 2 aromatic rings. The van der Waals surface area contributed by atoms with Gasteiger partial charge in [0.2, 0.25) is 5.95 Å². The van der Waals surface area contributed by atoms with E-state index >= 15 is 0 Å². The largest absolute Gasteiger partial charge is 0.347 e. The van der Waals surface area contributed by atoms with Crippen molar-refractivity contribution in [3.63, 3.8) is 0 Å². The molecule has 5 nitrogen and oxygen atoms in total. The Bertz CT molecular complexity index is 662. The van der Waals surface area contributed by atoms with Crippen LogP contribution in [0.3, 0.4) is 0 Å². The molecule has 0 saturated heterocycles. The van der Waals surface area contributed by atoms with Gasteiger partial charge in [0.1, 0.15) is 0 Å². The van der Waals surface area contributed by atoms with Gasteiger partial charge in [-0.3, -0.25) is 4.79 Å². The van der Waals surface area contributed by atoms with Crippen molar-refractivity contribution in [2.45, 2.75) is 13.8 Å². The lowest BCUT2D eigenvalue weighted by Crippen LogP contribution is -2.18. The van der Waals surface area contributed by atoms with E-state index in [9.17, 15) is 4.79 Å². The second-order valence-electron chi connectivity index (χ2n) is 4.93. The molecule has 0 radical (unpaired) electrons. The van der Waals surface area contributed by atoms with Crippen LogP contribution < -0.4 is 10.2 Å². The molecule has 0 bridgehead atoms. The molecule has 0 aliphatic heterocycles. The Morgan fingerprint density at radius 2 is 1.81 bits per heavy atom. The van der Waals surface area contributed by atoms with Gasteiger partial charge in [-0.25, -0.2) is 9.97 Å². The van der Waals surface area contributed by atoms with Crippen LogP contribution in [0, 0.1) is 17.4 Å². The molecule has 6 heteroatoms. The average Bonchev–Trinajstić information content (AvgIpc) is 2.42. The number of hydrogen-bond acceptors (Lipinski definition) is 4. The first-order chi connectivity index (χ1) is 9.88. The van der Waals surface area contributed by atoms with Crippen LogP contribution in [-0.2, 0) is 0 Å². The van der Waals surface area contributed by atoms with Crippen LogP contribution in [0.4, 0.5) is 11.6 Å². The van der Waals surface area contributed by atoms with Crippen molar-refractivity contribution in [1.29, 1.82) is 0 Å². The fraction of sp³-hybridized carbons (Fsp3) is 0.267. The molecule has 0 spiro atoms. The molecular formula is C15H17IN4O. The quantitative estimate of drug-likeness (QED) is 0.811. The Morgan fingerprint density at radius 3 is 2.33 bits per heavy atom. The van der Waals surface area contributed by atoms with Crippen LogP contribution >= 0.6 is 22.6 Å². The summed E-state index contributed by atoms with van der Waals surface area (Å²) in [5, 5.41) is 2.90. The molecule has 1 aromatic carbocycles. The third-order valence-corrected chi connectivity index (χ3v) is 3.66. The number of carbonyl (C=O) groups excluding carboxylic acids is 1. The molecule has 1 amide bonds. The summed E-state index contributed by atoms with van der Waals surface area (Å²) in [4.78, 5) is 22.9. The first-order valence-electron chi connectivity index (χ1n) is 6.48. The Labute approximate surface area is 137 Å². The van der Waals surface area contributed by atoms with E-state index < -0.39 is 0 Å². The first kappa shape index (κ1) is 15.7. The summed E-state index contributed by atoms with van der Waals surface area (Å²) < 4.78 is 1.02. The minimum Gasteiger partial charge on any atom is -0.347 e. The highest BCUT2D eigenvalue weighted by molar-refractivity contribution is 14.1. The predicted octanol–water partition coefficient (Wildman–Crippen LogP) is 3.02. The molecule has 0 saturated carbocycles. The van der Waals surface area contributed by atoms with Crippen LogP contribution in [0.15, 0.2) is 24.3 Å². The molecular weight excluding hydrogens is 379 g/mol. The third kappa shape index (κ3) is 3.69. The molecule has 1 N–H and O–H groups in total. The van der Waals surface area contributed by atoms with Gasteiger partial charge in [-0.2, -0.15) is 0 Å². The van der Waals surface area contributed by atoms with E-state index in [2.05, 4.69) is 37.9 Å². The lowest BCUT2D eigenvalue weighted by atomic mass is 10.2. The van der Waals surface area contributed by atoms with Crippen molar-refractivity contribution in [3.8, 4) is 0 Å². The third-order valence-electron chi connectivity index (χ3n) is 2.98. The molecule has 2 rings (SSSR count). The minimum absolute atomic E-state index is 0.152. The number of anilines is 2. The van der Waals surface area contributed by atoms with Crippen molar-refractivity contribution in [1.82, 2.24) is 9.97 Å². The van der Waals surface area contributed by atoms with E-state index in [4.69, 9.17) is 0 Å². The zero-order valence-electron chi connectivity index (χ0n) is 12.4. The van der Waals surface area contributed by atoms with Crippen LogP contribution in [0.5, 0.6) is 0 Å². The molecule has 0 aliphatic carbocycles. The molecule has 21 heavy (non-hydrogen) atoms. The summed E-state index contributed by atoms with van der Waals surface area (Å²) >= 11 is 2.18. The topological polar surface area (TPSA) is 58.1 Å². The summed E-state index contributed by atoms with van der Waals surface area (Å²) in [5.74, 6) is 0.484. The lowest BCUT2D eigenvalue weighted by molar-refractivity contribution is 0.102. The van der Waals surface area contributed by atoms with Gasteiger partial charge in [0, 0.05) is 23.2 Å². The van der Waals surface area contributed by atoms with Crippen LogP contribution in [0.25, 0.3) is 0 Å². The highest BCUT2D eigenvalue weighted by Crippen LogP contribution is 2.20. The van der Waals surface area contributed by atoms with Gasteiger partial charge < -0.3 is 10.2 Å². The van der Waals surface area contributed by atoms with E-state index in [1.165, 1.54) is 0 Å².